The molecule has 2 nitrogen and oxygen atoms in total. The number of rotatable bonds is 2. The molecular weight excluding hydrogens is 655 g/mol. The Morgan fingerprint density at radius 1 is 0.549 bits per heavy atom. The van der Waals surface area contributed by atoms with Gasteiger partial charge in [0.25, 0.3) is 0 Å². The summed E-state index contributed by atoms with van der Waals surface area (Å²) in [6, 6.07) is 54.7. The largest absolute Gasteiger partial charge is 0.374 e. The van der Waals surface area contributed by atoms with Crippen molar-refractivity contribution in [2.45, 2.75) is 36.0 Å². The molecule has 8 aromatic rings. The second-order valence-electron chi connectivity index (χ2n) is 14.9. The number of anilines is 5. The second kappa shape index (κ2) is 10.6. The Labute approximate surface area is 307 Å². The summed E-state index contributed by atoms with van der Waals surface area (Å²) < 4.78 is 1.32. The van der Waals surface area contributed by atoms with Crippen molar-refractivity contribution in [2.24, 2.45) is 0 Å². The molecule has 5 heteroatoms. The molecule has 0 saturated carbocycles. The lowest BCUT2D eigenvalue weighted by atomic mass is 9.43. The van der Waals surface area contributed by atoms with Crippen LogP contribution < -0.4 is 20.6 Å². The fourth-order valence-electron chi connectivity index (χ4n) is 8.67. The van der Waals surface area contributed by atoms with Crippen LogP contribution in [0.1, 0.15) is 26.3 Å². The van der Waals surface area contributed by atoms with Gasteiger partial charge in [-0.1, -0.05) is 136 Å². The zero-order valence-corrected chi connectivity index (χ0v) is 30.3. The average Bonchev–Trinajstić information content (AvgIpc) is 3.55. The van der Waals surface area contributed by atoms with Crippen LogP contribution in [0.2, 0.25) is 0 Å². The molecule has 0 unspecified atom stereocenters. The van der Waals surface area contributed by atoms with Crippen molar-refractivity contribution in [2.75, 3.05) is 9.71 Å². The highest BCUT2D eigenvalue weighted by Gasteiger charge is 2.49. The Morgan fingerprint density at radius 3 is 2.16 bits per heavy atom. The fourth-order valence-corrected chi connectivity index (χ4v) is 11.0. The first kappa shape index (κ1) is 29.5. The molecule has 11 rings (SSSR count). The topological polar surface area (TPSA) is 6.48 Å². The third-order valence-electron chi connectivity index (χ3n) is 11.0. The van der Waals surface area contributed by atoms with E-state index >= 15 is 0 Å². The third-order valence-corrected chi connectivity index (χ3v) is 13.3. The van der Waals surface area contributed by atoms with E-state index in [0.717, 1.165) is 0 Å². The predicted octanol–water partition coefficient (Wildman–Crippen LogP) is 12.2. The minimum atomic E-state index is 0.00623. The highest BCUT2D eigenvalue weighted by atomic mass is 32.2. The van der Waals surface area contributed by atoms with Crippen molar-refractivity contribution < 1.29 is 0 Å². The Hall–Kier alpha value is -5.23. The summed E-state index contributed by atoms with van der Waals surface area (Å²) in [5, 5.41) is 5.18. The van der Waals surface area contributed by atoms with Gasteiger partial charge in [0.15, 0.2) is 0 Å². The quantitative estimate of drug-likeness (QED) is 0.167. The molecule has 0 radical (unpaired) electrons. The van der Waals surface area contributed by atoms with Crippen LogP contribution >= 0.6 is 23.1 Å². The molecule has 4 heterocycles. The van der Waals surface area contributed by atoms with Gasteiger partial charge in [-0.3, -0.25) is 0 Å². The third kappa shape index (κ3) is 4.13. The molecule has 1 aromatic heterocycles. The van der Waals surface area contributed by atoms with Gasteiger partial charge in [-0.05, 0) is 86.3 Å². The Bertz CT molecular complexity index is 2740. The van der Waals surface area contributed by atoms with Gasteiger partial charge in [-0.25, -0.2) is 0 Å². The summed E-state index contributed by atoms with van der Waals surface area (Å²) in [5.41, 5.74) is 14.4. The SMILES string of the molecule is CC(C)(C)c1ccc(N2c3sc4ccccc4c3B3c4c(cc5ccccc5c42)-c2cccc4c2N3c2ccccc2S4)c(-c2ccccc2)c1. The molecule has 0 saturated heterocycles. The van der Waals surface area contributed by atoms with Gasteiger partial charge in [0.2, 0.25) is 0 Å². The number of nitrogens with zero attached hydrogens (tertiary/aromatic N) is 2. The molecule has 51 heavy (non-hydrogen) atoms. The number of hydrogen-bond donors (Lipinski definition) is 0. The van der Waals surface area contributed by atoms with Crippen LogP contribution in [-0.4, -0.2) is 6.85 Å². The molecule has 0 amide bonds. The minimum absolute atomic E-state index is 0.00623. The van der Waals surface area contributed by atoms with Gasteiger partial charge in [0, 0.05) is 36.7 Å². The maximum Gasteiger partial charge on any atom is 0.334 e. The fraction of sp³-hybridized carbons (Fsp3) is 0.0870. The average molecular weight is 689 g/mol. The summed E-state index contributed by atoms with van der Waals surface area (Å²) in [4.78, 5) is 7.96. The van der Waals surface area contributed by atoms with Crippen molar-refractivity contribution in [3.63, 3.8) is 0 Å². The summed E-state index contributed by atoms with van der Waals surface area (Å²) in [6.07, 6.45) is 0. The lowest BCUT2D eigenvalue weighted by Gasteiger charge is -2.47. The first-order valence-electron chi connectivity index (χ1n) is 17.7. The second-order valence-corrected chi connectivity index (χ2v) is 17.0. The maximum atomic E-state index is 2.69. The highest BCUT2D eigenvalue weighted by Crippen LogP contribution is 2.58. The number of hydrogen-bond acceptors (Lipinski definition) is 4. The lowest BCUT2D eigenvalue weighted by molar-refractivity contribution is 0.590. The van der Waals surface area contributed by atoms with Gasteiger partial charge in [0.1, 0.15) is 0 Å². The van der Waals surface area contributed by atoms with E-state index in [1.165, 1.54) is 97.1 Å². The van der Waals surface area contributed by atoms with Gasteiger partial charge in [-0.2, -0.15) is 0 Å². The molecule has 3 aliphatic rings. The number of thiophene rings is 1. The molecule has 242 valence electrons. The van der Waals surface area contributed by atoms with Gasteiger partial charge >= 0.3 is 6.85 Å². The molecule has 0 N–H and O–H groups in total. The zero-order chi connectivity index (χ0) is 34.0. The summed E-state index contributed by atoms with van der Waals surface area (Å²) in [6.45, 7) is 6.95. The summed E-state index contributed by atoms with van der Waals surface area (Å²) >= 11 is 3.83. The molecule has 0 bridgehead atoms. The normalized spacial score (nSPS) is 14.0. The van der Waals surface area contributed by atoms with Crippen LogP contribution in [-0.2, 0) is 5.41 Å². The van der Waals surface area contributed by atoms with E-state index in [0.29, 0.717) is 0 Å². The molecule has 0 atom stereocenters. The highest BCUT2D eigenvalue weighted by molar-refractivity contribution is 7.99. The van der Waals surface area contributed by atoms with Crippen LogP contribution in [0.5, 0.6) is 0 Å². The molecule has 0 spiro atoms. The van der Waals surface area contributed by atoms with E-state index < -0.39 is 0 Å². The van der Waals surface area contributed by atoms with E-state index in [1.807, 2.05) is 23.1 Å². The van der Waals surface area contributed by atoms with Gasteiger partial charge < -0.3 is 9.71 Å². The minimum Gasteiger partial charge on any atom is -0.374 e. The number of para-hydroxylation sites is 2. The summed E-state index contributed by atoms with van der Waals surface area (Å²) in [7, 11) is 0. The molecule has 0 aliphatic carbocycles. The van der Waals surface area contributed by atoms with Crippen molar-refractivity contribution in [3.05, 3.63) is 151 Å². The molecule has 3 aliphatic heterocycles. The maximum absolute atomic E-state index is 2.69. The van der Waals surface area contributed by atoms with Crippen LogP contribution in [0.3, 0.4) is 0 Å². The van der Waals surface area contributed by atoms with Crippen molar-refractivity contribution in [3.8, 4) is 22.3 Å². The van der Waals surface area contributed by atoms with E-state index in [1.54, 1.807) is 0 Å². The molecule has 7 aromatic carbocycles. The Balaban J connectivity index is 1.33. The Morgan fingerprint density at radius 2 is 1.29 bits per heavy atom. The standard InChI is InChI=1S/C46H33BN2S2/c1-46(2,3)30-24-25-36(34(27-30)28-14-5-4-6-15-28)48-44-31-17-8-7-16-29(31)26-35-32-19-13-23-40-43(32)49(37-20-10-12-22-39(37)50-40)47(41(35)44)42-33-18-9-11-21-38(33)51-45(42)48/h4-27H,1-3H3. The zero-order valence-electron chi connectivity index (χ0n) is 28.6. The van der Waals surface area contributed by atoms with E-state index in [9.17, 15) is 0 Å². The number of fused-ring (bicyclic) bond motifs is 10. The first-order valence-corrected chi connectivity index (χ1v) is 19.4. The molecule has 0 fully saturated rings. The van der Waals surface area contributed by atoms with Gasteiger partial charge in [0.05, 0.1) is 22.1 Å². The van der Waals surface area contributed by atoms with Gasteiger partial charge in [-0.15, -0.1) is 11.3 Å². The summed E-state index contributed by atoms with van der Waals surface area (Å²) in [5.74, 6) is 0. The van der Waals surface area contributed by atoms with Crippen LogP contribution in [0.4, 0.5) is 27.8 Å². The molecular formula is C46H33BN2S2. The monoisotopic (exact) mass is 688 g/mol. The van der Waals surface area contributed by atoms with Crippen LogP contribution in [0.25, 0.3) is 43.1 Å². The van der Waals surface area contributed by atoms with E-state index in [2.05, 4.69) is 176 Å². The smallest absolute Gasteiger partial charge is 0.334 e. The van der Waals surface area contributed by atoms with Crippen molar-refractivity contribution in [1.82, 2.24) is 0 Å². The van der Waals surface area contributed by atoms with Crippen molar-refractivity contribution in [1.29, 1.82) is 0 Å². The van der Waals surface area contributed by atoms with Crippen molar-refractivity contribution >= 4 is 89.5 Å². The number of benzene rings is 7. The van der Waals surface area contributed by atoms with E-state index in [-0.39, 0.29) is 12.3 Å². The lowest BCUT2D eigenvalue weighted by Crippen LogP contribution is -2.61. The predicted molar refractivity (Wildman–Crippen MR) is 221 cm³/mol. The van der Waals surface area contributed by atoms with Crippen LogP contribution in [0, 0.1) is 0 Å². The Kier molecular flexibility index (Phi) is 6.16. The van der Waals surface area contributed by atoms with E-state index in [4.69, 9.17) is 0 Å². The first-order chi connectivity index (χ1) is 25.0. The van der Waals surface area contributed by atoms with Crippen LogP contribution in [0.15, 0.2) is 155 Å².